The Hall–Kier alpha value is -1.09. The highest BCUT2D eigenvalue weighted by Crippen LogP contribution is 2.04. The van der Waals surface area contributed by atoms with Crippen molar-refractivity contribution in [3.8, 4) is 0 Å². The molecule has 0 bridgehead atoms. The highest BCUT2D eigenvalue weighted by Gasteiger charge is 2.08. The molecule has 1 saturated heterocycles. The molecule has 13 heavy (non-hydrogen) atoms. The Morgan fingerprint density at radius 1 is 1.46 bits per heavy atom. The molecule has 0 unspecified atom stereocenters. The second-order valence-corrected chi connectivity index (χ2v) is 2.95. The molecule has 0 aromatic rings. The first-order valence-corrected chi connectivity index (χ1v) is 4.63. The molecule has 1 aliphatic heterocycles. The van der Waals surface area contributed by atoms with Crippen molar-refractivity contribution < 1.29 is 0 Å². The third-order valence-corrected chi connectivity index (χ3v) is 2.03. The van der Waals surface area contributed by atoms with Crippen LogP contribution in [-0.4, -0.2) is 37.3 Å². The van der Waals surface area contributed by atoms with E-state index >= 15 is 0 Å². The summed E-state index contributed by atoms with van der Waals surface area (Å²) in [5, 5.41) is 3.30. The number of nitrogens with one attached hydrogen (secondary N) is 1. The van der Waals surface area contributed by atoms with Crippen molar-refractivity contribution in [2.45, 2.75) is 6.92 Å². The maximum atomic E-state index is 4.00. The number of rotatable bonds is 3. The van der Waals surface area contributed by atoms with Gasteiger partial charge in [-0.25, -0.2) is 0 Å². The van der Waals surface area contributed by atoms with E-state index in [4.69, 9.17) is 0 Å². The van der Waals surface area contributed by atoms with Crippen LogP contribution in [0.4, 0.5) is 0 Å². The predicted molar refractivity (Wildman–Crippen MR) is 56.9 cm³/mol. The normalized spacial score (nSPS) is 18.7. The summed E-state index contributed by atoms with van der Waals surface area (Å²) in [6.07, 6.45) is 5.50. The topological polar surface area (TPSA) is 27.6 Å². The Bertz CT molecular complexity index is 212. The van der Waals surface area contributed by atoms with Gasteiger partial charge >= 0.3 is 0 Å². The second kappa shape index (κ2) is 5.54. The van der Waals surface area contributed by atoms with Gasteiger partial charge < -0.3 is 10.2 Å². The van der Waals surface area contributed by atoms with Crippen molar-refractivity contribution in [3.05, 3.63) is 24.6 Å². The summed E-state index contributed by atoms with van der Waals surface area (Å²) in [6, 6.07) is 0. The molecule has 0 spiro atoms. The highest BCUT2D eigenvalue weighted by molar-refractivity contribution is 5.54. The lowest BCUT2D eigenvalue weighted by Crippen LogP contribution is -2.42. The number of nitrogens with zero attached hydrogens (tertiary/aromatic N) is 2. The van der Waals surface area contributed by atoms with Crippen molar-refractivity contribution in [1.82, 2.24) is 10.2 Å². The van der Waals surface area contributed by atoms with Gasteiger partial charge in [0.05, 0.1) is 0 Å². The maximum Gasteiger partial charge on any atom is 0.0309 e. The fraction of sp³-hybridized carbons (Fsp3) is 0.500. The third kappa shape index (κ3) is 3.42. The van der Waals surface area contributed by atoms with Gasteiger partial charge in [-0.1, -0.05) is 6.58 Å². The van der Waals surface area contributed by atoms with Crippen LogP contribution in [0.2, 0.25) is 0 Å². The van der Waals surface area contributed by atoms with E-state index in [1.165, 1.54) is 0 Å². The van der Waals surface area contributed by atoms with Crippen LogP contribution < -0.4 is 5.32 Å². The summed E-state index contributed by atoms with van der Waals surface area (Å²) in [4.78, 5) is 6.26. The minimum absolute atomic E-state index is 1.04. The van der Waals surface area contributed by atoms with Crippen LogP contribution >= 0.6 is 0 Å². The molecule has 3 nitrogen and oxygen atoms in total. The van der Waals surface area contributed by atoms with E-state index in [2.05, 4.69) is 21.8 Å². The van der Waals surface area contributed by atoms with E-state index in [1.807, 2.05) is 13.0 Å². The van der Waals surface area contributed by atoms with Crippen LogP contribution in [0.3, 0.4) is 0 Å². The molecule has 0 aromatic carbocycles. The van der Waals surface area contributed by atoms with Crippen molar-refractivity contribution in [2.24, 2.45) is 4.99 Å². The molecule has 0 aromatic heterocycles. The molecule has 0 aliphatic carbocycles. The zero-order valence-corrected chi connectivity index (χ0v) is 8.16. The fourth-order valence-corrected chi connectivity index (χ4v) is 1.27. The lowest BCUT2D eigenvalue weighted by Gasteiger charge is -2.29. The predicted octanol–water partition coefficient (Wildman–Crippen LogP) is 1.01. The van der Waals surface area contributed by atoms with E-state index < -0.39 is 0 Å². The molecule has 1 heterocycles. The second-order valence-electron chi connectivity index (χ2n) is 2.95. The van der Waals surface area contributed by atoms with Gasteiger partial charge in [0.25, 0.3) is 0 Å². The average molecular weight is 179 g/mol. The van der Waals surface area contributed by atoms with Crippen LogP contribution in [0.1, 0.15) is 6.92 Å². The first-order chi connectivity index (χ1) is 6.34. The standard InChI is InChI=1S/C10H17N3/c1-3-11-5-4-10(2)13-8-6-12-7-9-13/h3-5,12H,2,6-9H2,1H3/b5-4-,11-3?. The SMILES string of the molecule is C=C(/C=C\N=CC)N1CCNCC1. The fourth-order valence-electron chi connectivity index (χ4n) is 1.27. The van der Waals surface area contributed by atoms with Crippen LogP contribution in [0.5, 0.6) is 0 Å². The van der Waals surface area contributed by atoms with Gasteiger partial charge in [0.2, 0.25) is 0 Å². The molecular weight excluding hydrogens is 162 g/mol. The summed E-state index contributed by atoms with van der Waals surface area (Å²) in [7, 11) is 0. The summed E-state index contributed by atoms with van der Waals surface area (Å²) in [6.45, 7) is 10.1. The third-order valence-electron chi connectivity index (χ3n) is 2.03. The number of hydrogen-bond donors (Lipinski definition) is 1. The molecule has 0 radical (unpaired) electrons. The van der Waals surface area contributed by atoms with Crippen LogP contribution in [0.15, 0.2) is 29.5 Å². The smallest absolute Gasteiger partial charge is 0.0309 e. The molecule has 1 fully saturated rings. The van der Waals surface area contributed by atoms with Gasteiger partial charge in [0, 0.05) is 44.3 Å². The van der Waals surface area contributed by atoms with E-state index in [-0.39, 0.29) is 0 Å². The average Bonchev–Trinajstić information content (AvgIpc) is 2.19. The number of hydrogen-bond acceptors (Lipinski definition) is 3. The summed E-state index contributed by atoms with van der Waals surface area (Å²) < 4.78 is 0. The summed E-state index contributed by atoms with van der Waals surface area (Å²) >= 11 is 0. The van der Waals surface area contributed by atoms with Crippen LogP contribution in [-0.2, 0) is 0 Å². The Labute approximate surface area is 79.8 Å². The van der Waals surface area contributed by atoms with Crippen LogP contribution in [0, 0.1) is 0 Å². The molecule has 3 heteroatoms. The first-order valence-electron chi connectivity index (χ1n) is 4.63. The molecule has 1 aliphatic rings. The number of allylic oxidation sites excluding steroid dienone is 1. The van der Waals surface area contributed by atoms with E-state index in [1.54, 1.807) is 12.4 Å². The quantitative estimate of drug-likeness (QED) is 0.517. The van der Waals surface area contributed by atoms with Gasteiger partial charge in [-0.2, -0.15) is 0 Å². The Balaban J connectivity index is 2.37. The van der Waals surface area contributed by atoms with Crippen molar-refractivity contribution in [1.29, 1.82) is 0 Å². The molecular formula is C10H17N3. The minimum Gasteiger partial charge on any atom is -0.369 e. The summed E-state index contributed by atoms with van der Waals surface area (Å²) in [5.74, 6) is 0. The van der Waals surface area contributed by atoms with Crippen molar-refractivity contribution >= 4 is 6.21 Å². The minimum atomic E-state index is 1.04. The van der Waals surface area contributed by atoms with Gasteiger partial charge in [-0.05, 0) is 13.0 Å². The highest BCUT2D eigenvalue weighted by atomic mass is 15.2. The van der Waals surface area contributed by atoms with E-state index in [9.17, 15) is 0 Å². The Kier molecular flexibility index (Phi) is 4.26. The lowest BCUT2D eigenvalue weighted by molar-refractivity contribution is 0.308. The zero-order valence-electron chi connectivity index (χ0n) is 8.16. The molecule has 0 atom stereocenters. The largest absolute Gasteiger partial charge is 0.369 e. The van der Waals surface area contributed by atoms with Crippen molar-refractivity contribution in [2.75, 3.05) is 26.2 Å². The number of piperazine rings is 1. The molecule has 1 rings (SSSR count). The van der Waals surface area contributed by atoms with Gasteiger partial charge in [0.1, 0.15) is 0 Å². The van der Waals surface area contributed by atoms with Crippen LogP contribution in [0.25, 0.3) is 0 Å². The van der Waals surface area contributed by atoms with Gasteiger partial charge in [-0.3, -0.25) is 4.99 Å². The molecule has 72 valence electrons. The number of aliphatic imine (C=N–C) groups is 1. The van der Waals surface area contributed by atoms with Gasteiger partial charge in [0.15, 0.2) is 0 Å². The molecule has 0 amide bonds. The zero-order chi connectivity index (χ0) is 9.52. The van der Waals surface area contributed by atoms with E-state index in [0.717, 1.165) is 31.9 Å². The Morgan fingerprint density at radius 3 is 2.77 bits per heavy atom. The maximum absolute atomic E-state index is 4.00. The summed E-state index contributed by atoms with van der Waals surface area (Å²) in [5.41, 5.74) is 1.05. The lowest BCUT2D eigenvalue weighted by atomic mass is 10.3. The van der Waals surface area contributed by atoms with E-state index in [0.29, 0.717) is 0 Å². The van der Waals surface area contributed by atoms with Crippen molar-refractivity contribution in [3.63, 3.8) is 0 Å². The first kappa shape index (κ1) is 9.99. The monoisotopic (exact) mass is 179 g/mol. The molecule has 0 saturated carbocycles. The molecule has 1 N–H and O–H groups in total. The van der Waals surface area contributed by atoms with Gasteiger partial charge in [-0.15, -0.1) is 0 Å². The Morgan fingerprint density at radius 2 is 2.15 bits per heavy atom.